The quantitative estimate of drug-likeness (QED) is 0.573. The van der Waals surface area contributed by atoms with E-state index in [0.717, 1.165) is 36.1 Å². The zero-order chi connectivity index (χ0) is 20.9. The number of rotatable bonds is 6. The van der Waals surface area contributed by atoms with Crippen molar-refractivity contribution in [1.29, 1.82) is 0 Å². The molecule has 30 heavy (non-hydrogen) atoms. The number of hydrogen-bond acceptors (Lipinski definition) is 4. The highest BCUT2D eigenvalue weighted by Crippen LogP contribution is 2.41. The molecule has 1 fully saturated rings. The Hall–Kier alpha value is -3.34. The number of nitrogens with zero attached hydrogens (tertiary/aromatic N) is 2. The summed E-state index contributed by atoms with van der Waals surface area (Å²) in [4.78, 5) is 19.7. The minimum atomic E-state index is 0.00935. The van der Waals surface area contributed by atoms with Gasteiger partial charge in [-0.05, 0) is 55.2 Å². The molecule has 0 radical (unpaired) electrons. The van der Waals surface area contributed by atoms with Crippen LogP contribution in [-0.2, 0) is 0 Å². The number of carbonyl (C=O) groups is 1. The maximum Gasteiger partial charge on any atom is 0.254 e. The molecule has 2 heterocycles. The van der Waals surface area contributed by atoms with E-state index >= 15 is 0 Å². The Bertz CT molecular complexity index is 1010. The fourth-order valence-electron chi connectivity index (χ4n) is 4.14. The van der Waals surface area contributed by atoms with E-state index in [1.165, 1.54) is 0 Å². The van der Waals surface area contributed by atoms with E-state index < -0.39 is 0 Å². The van der Waals surface area contributed by atoms with Gasteiger partial charge in [-0.1, -0.05) is 30.3 Å². The molecule has 1 aromatic heterocycles. The Kier molecular flexibility index (Phi) is 5.98. The van der Waals surface area contributed by atoms with Gasteiger partial charge in [-0.3, -0.25) is 9.78 Å². The number of aromatic nitrogens is 1. The molecule has 4 rings (SSSR count). The van der Waals surface area contributed by atoms with Gasteiger partial charge < -0.3 is 14.4 Å². The molecule has 154 valence electrons. The van der Waals surface area contributed by atoms with Gasteiger partial charge in [-0.25, -0.2) is 0 Å². The average molecular weight is 402 g/mol. The van der Waals surface area contributed by atoms with Crippen molar-refractivity contribution in [2.45, 2.75) is 25.8 Å². The summed E-state index contributed by atoms with van der Waals surface area (Å²) in [7, 11) is 1.63. The molecule has 3 aromatic rings. The van der Waals surface area contributed by atoms with Crippen molar-refractivity contribution in [2.24, 2.45) is 0 Å². The number of amides is 1. The molecule has 1 aliphatic rings. The summed E-state index contributed by atoms with van der Waals surface area (Å²) >= 11 is 0. The first kappa shape index (κ1) is 20.0. The fraction of sp³-hybridized carbons (Fsp3) is 0.280. The van der Waals surface area contributed by atoms with Gasteiger partial charge in [0.25, 0.3) is 5.91 Å². The Morgan fingerprint density at radius 3 is 2.60 bits per heavy atom. The third-order valence-corrected chi connectivity index (χ3v) is 5.50. The minimum absolute atomic E-state index is 0.00935. The number of pyridine rings is 1. The lowest BCUT2D eigenvalue weighted by atomic mass is 9.99. The third-order valence-electron chi connectivity index (χ3n) is 5.50. The molecule has 0 aliphatic carbocycles. The van der Waals surface area contributed by atoms with Crippen molar-refractivity contribution >= 4 is 5.91 Å². The second-order valence-corrected chi connectivity index (χ2v) is 7.29. The molecule has 0 unspecified atom stereocenters. The highest BCUT2D eigenvalue weighted by Gasteiger charge is 2.31. The summed E-state index contributed by atoms with van der Waals surface area (Å²) in [5.74, 6) is 1.24. The molecule has 0 bridgehead atoms. The van der Waals surface area contributed by atoms with E-state index in [-0.39, 0.29) is 11.9 Å². The van der Waals surface area contributed by atoms with Crippen LogP contribution in [-0.4, -0.2) is 36.1 Å². The molecule has 0 saturated carbocycles. The van der Waals surface area contributed by atoms with Gasteiger partial charge in [0.15, 0.2) is 11.5 Å². The Morgan fingerprint density at radius 1 is 1.13 bits per heavy atom. The van der Waals surface area contributed by atoms with Crippen LogP contribution >= 0.6 is 0 Å². The van der Waals surface area contributed by atoms with Crippen LogP contribution in [0.4, 0.5) is 0 Å². The Morgan fingerprint density at radius 2 is 1.90 bits per heavy atom. The van der Waals surface area contributed by atoms with Crippen LogP contribution in [0.3, 0.4) is 0 Å². The summed E-state index contributed by atoms with van der Waals surface area (Å²) in [6.45, 7) is 3.16. The molecule has 1 aliphatic heterocycles. The molecule has 0 N–H and O–H groups in total. The van der Waals surface area contributed by atoms with Crippen LogP contribution in [0.2, 0.25) is 0 Å². The molecule has 0 spiro atoms. The van der Waals surface area contributed by atoms with Crippen molar-refractivity contribution in [3.8, 4) is 22.6 Å². The van der Waals surface area contributed by atoms with Crippen LogP contribution in [0.15, 0.2) is 67.0 Å². The van der Waals surface area contributed by atoms with Crippen molar-refractivity contribution < 1.29 is 14.3 Å². The van der Waals surface area contributed by atoms with E-state index in [0.29, 0.717) is 23.7 Å². The number of hydrogen-bond donors (Lipinski definition) is 0. The molecule has 1 atom stereocenters. The highest BCUT2D eigenvalue weighted by atomic mass is 16.5. The monoisotopic (exact) mass is 402 g/mol. The Labute approximate surface area is 177 Å². The molecular formula is C25H26N2O3. The number of likely N-dealkylation sites (tertiary alicyclic amines) is 1. The minimum Gasteiger partial charge on any atom is -0.492 e. The maximum absolute atomic E-state index is 13.6. The number of benzene rings is 2. The lowest BCUT2D eigenvalue weighted by molar-refractivity contribution is 0.0735. The van der Waals surface area contributed by atoms with E-state index in [1.807, 2.05) is 60.4 Å². The smallest absolute Gasteiger partial charge is 0.254 e. The first-order chi connectivity index (χ1) is 14.7. The van der Waals surface area contributed by atoms with Crippen LogP contribution in [0, 0.1) is 0 Å². The number of carbonyl (C=O) groups excluding carboxylic acids is 1. The van der Waals surface area contributed by atoms with Crippen molar-refractivity contribution in [3.63, 3.8) is 0 Å². The number of methoxy groups -OCH3 is 1. The maximum atomic E-state index is 13.6. The van der Waals surface area contributed by atoms with Gasteiger partial charge in [-0.2, -0.15) is 0 Å². The van der Waals surface area contributed by atoms with Crippen molar-refractivity contribution in [1.82, 2.24) is 9.88 Å². The normalized spacial score (nSPS) is 15.8. The molecule has 1 saturated heterocycles. The summed E-state index contributed by atoms with van der Waals surface area (Å²) in [5, 5.41) is 0. The predicted molar refractivity (Wildman–Crippen MR) is 117 cm³/mol. The molecule has 2 aromatic carbocycles. The van der Waals surface area contributed by atoms with E-state index in [1.54, 1.807) is 25.6 Å². The average Bonchev–Trinajstić information content (AvgIpc) is 3.29. The van der Waals surface area contributed by atoms with Gasteiger partial charge in [-0.15, -0.1) is 0 Å². The van der Waals surface area contributed by atoms with E-state index in [4.69, 9.17) is 9.47 Å². The standard InChI is InChI=1S/C25H26N2O3/c1-3-30-23-17-20(16-21(24(23)29-2)18-8-5-4-6-9-18)25(28)27-15-7-10-22(27)19-11-13-26-14-12-19/h4-6,8-9,11-14,16-17,22H,3,7,10,15H2,1-2H3/t22-/m0/s1. The van der Waals surface area contributed by atoms with Gasteiger partial charge in [0.2, 0.25) is 0 Å². The van der Waals surface area contributed by atoms with Crippen molar-refractivity contribution in [2.75, 3.05) is 20.3 Å². The van der Waals surface area contributed by atoms with Crippen LogP contribution in [0.5, 0.6) is 11.5 Å². The molecule has 5 heteroatoms. The second-order valence-electron chi connectivity index (χ2n) is 7.29. The summed E-state index contributed by atoms with van der Waals surface area (Å²) in [5.41, 5.74) is 3.57. The lowest BCUT2D eigenvalue weighted by Crippen LogP contribution is -2.30. The topological polar surface area (TPSA) is 51.7 Å². The van der Waals surface area contributed by atoms with E-state index in [9.17, 15) is 4.79 Å². The predicted octanol–water partition coefficient (Wildman–Crippen LogP) is 5.13. The van der Waals surface area contributed by atoms with Gasteiger partial charge >= 0.3 is 0 Å². The summed E-state index contributed by atoms with van der Waals surface area (Å²) in [6.07, 6.45) is 5.50. The zero-order valence-corrected chi connectivity index (χ0v) is 17.4. The third kappa shape index (κ3) is 3.88. The van der Waals surface area contributed by atoms with Crippen LogP contribution in [0.25, 0.3) is 11.1 Å². The van der Waals surface area contributed by atoms with Crippen molar-refractivity contribution in [3.05, 3.63) is 78.1 Å². The second kappa shape index (κ2) is 8.99. The van der Waals surface area contributed by atoms with Crippen LogP contribution < -0.4 is 9.47 Å². The lowest BCUT2D eigenvalue weighted by Gasteiger charge is -2.26. The Balaban J connectivity index is 1.76. The van der Waals surface area contributed by atoms with Crippen LogP contribution in [0.1, 0.15) is 41.7 Å². The number of ether oxygens (including phenoxy) is 2. The fourth-order valence-corrected chi connectivity index (χ4v) is 4.14. The first-order valence-electron chi connectivity index (χ1n) is 10.3. The zero-order valence-electron chi connectivity index (χ0n) is 17.4. The summed E-state index contributed by atoms with van der Waals surface area (Å²) in [6, 6.07) is 17.7. The SMILES string of the molecule is CCOc1cc(C(=O)N2CCC[C@H]2c2ccncc2)cc(-c2ccccc2)c1OC. The van der Waals surface area contributed by atoms with E-state index in [2.05, 4.69) is 4.98 Å². The summed E-state index contributed by atoms with van der Waals surface area (Å²) < 4.78 is 11.5. The van der Waals surface area contributed by atoms with Gasteiger partial charge in [0.1, 0.15) is 0 Å². The van der Waals surface area contributed by atoms with Gasteiger partial charge in [0, 0.05) is 30.1 Å². The molecular weight excluding hydrogens is 376 g/mol. The highest BCUT2D eigenvalue weighted by molar-refractivity contribution is 5.97. The van der Waals surface area contributed by atoms with Gasteiger partial charge in [0.05, 0.1) is 19.8 Å². The first-order valence-corrected chi connectivity index (χ1v) is 10.3. The molecule has 5 nitrogen and oxygen atoms in total. The molecule has 1 amide bonds. The largest absolute Gasteiger partial charge is 0.492 e.